The number of nitrogens with zero attached hydrogens (tertiary/aromatic N) is 2. The number of rotatable bonds is 3. The van der Waals surface area contributed by atoms with Gasteiger partial charge in [0.25, 0.3) is 0 Å². The van der Waals surface area contributed by atoms with Crippen LogP contribution in [0.3, 0.4) is 0 Å². The van der Waals surface area contributed by atoms with E-state index >= 15 is 0 Å². The largest absolute Gasteiger partial charge is 0.496 e. The molecule has 0 aliphatic carbocycles. The number of benzene rings is 2. The van der Waals surface area contributed by atoms with Crippen molar-refractivity contribution in [2.45, 2.75) is 25.3 Å². The molecule has 7 heteroatoms. The first-order valence-corrected chi connectivity index (χ1v) is 9.89. The molecular weight excluding hydrogens is 382 g/mol. The lowest BCUT2D eigenvalue weighted by Gasteiger charge is -2.48. The zero-order valence-corrected chi connectivity index (χ0v) is 17.0. The van der Waals surface area contributed by atoms with Crippen LogP contribution < -0.4 is 14.8 Å². The van der Waals surface area contributed by atoms with Gasteiger partial charge in [-0.15, -0.1) is 0 Å². The van der Waals surface area contributed by atoms with Gasteiger partial charge in [-0.25, -0.2) is 9.48 Å². The van der Waals surface area contributed by atoms with Crippen LogP contribution in [0.5, 0.6) is 11.5 Å². The van der Waals surface area contributed by atoms with E-state index in [-0.39, 0.29) is 22.9 Å². The number of ether oxygens (including phenoxy) is 2. The zero-order valence-electron chi connectivity index (χ0n) is 17.0. The zero-order chi connectivity index (χ0) is 21.0. The summed E-state index contributed by atoms with van der Waals surface area (Å²) >= 11 is 0. The normalized spacial score (nSPS) is 20.8. The molecule has 0 saturated heterocycles. The highest BCUT2D eigenvalue weighted by atomic mass is 16.5. The van der Waals surface area contributed by atoms with E-state index in [9.17, 15) is 9.90 Å². The molecular formula is C23H23N3O4. The fourth-order valence-corrected chi connectivity index (χ4v) is 4.68. The third-order valence-electron chi connectivity index (χ3n) is 6.41. The van der Waals surface area contributed by atoms with Gasteiger partial charge in [-0.1, -0.05) is 19.9 Å². The Labute approximate surface area is 174 Å². The predicted octanol–water partition coefficient (Wildman–Crippen LogP) is 4.03. The maximum Gasteiger partial charge on any atom is 0.338 e. The first-order chi connectivity index (χ1) is 14.4. The molecule has 2 aliphatic heterocycles. The summed E-state index contributed by atoms with van der Waals surface area (Å²) in [6.07, 6.45) is 2.89. The quantitative estimate of drug-likeness (QED) is 0.684. The Morgan fingerprint density at radius 2 is 2.17 bits per heavy atom. The van der Waals surface area contributed by atoms with Crippen LogP contribution in [-0.2, 0) is 5.41 Å². The molecule has 0 saturated carbocycles. The number of carboxylic acid groups (broad SMARTS) is 1. The van der Waals surface area contributed by atoms with Gasteiger partial charge in [0.2, 0.25) is 0 Å². The highest BCUT2D eigenvalue weighted by Gasteiger charge is 2.47. The van der Waals surface area contributed by atoms with Gasteiger partial charge in [-0.2, -0.15) is 5.10 Å². The molecule has 0 unspecified atom stereocenters. The maximum absolute atomic E-state index is 11.2. The summed E-state index contributed by atoms with van der Waals surface area (Å²) in [6.45, 7) is 5.05. The van der Waals surface area contributed by atoms with Gasteiger partial charge in [0.15, 0.2) is 0 Å². The average molecular weight is 405 g/mol. The van der Waals surface area contributed by atoms with Gasteiger partial charge < -0.3 is 19.9 Å². The van der Waals surface area contributed by atoms with Gasteiger partial charge >= 0.3 is 5.97 Å². The number of aromatic carboxylic acids is 1. The van der Waals surface area contributed by atoms with Gasteiger partial charge in [-0.05, 0) is 35.9 Å². The third-order valence-corrected chi connectivity index (χ3v) is 6.41. The Morgan fingerprint density at radius 1 is 1.33 bits per heavy atom. The molecule has 5 rings (SSSR count). The lowest BCUT2D eigenvalue weighted by Crippen LogP contribution is -2.46. The summed E-state index contributed by atoms with van der Waals surface area (Å²) in [5.41, 5.74) is 4.05. The summed E-state index contributed by atoms with van der Waals surface area (Å²) in [6, 6.07) is 12.0. The van der Waals surface area contributed by atoms with E-state index < -0.39 is 5.97 Å². The second-order valence-corrected chi connectivity index (χ2v) is 8.34. The molecule has 0 fully saturated rings. The molecule has 0 radical (unpaired) electrons. The van der Waals surface area contributed by atoms with Gasteiger partial charge in [0.1, 0.15) is 11.5 Å². The summed E-state index contributed by atoms with van der Waals surface area (Å²) in [7, 11) is 1.68. The number of carboxylic acids is 1. The van der Waals surface area contributed by atoms with Crippen LogP contribution in [0, 0.1) is 5.92 Å². The number of fused-ring (bicyclic) bond motifs is 4. The minimum Gasteiger partial charge on any atom is -0.496 e. The Bertz CT molecular complexity index is 1140. The summed E-state index contributed by atoms with van der Waals surface area (Å²) in [5, 5.41) is 17.1. The van der Waals surface area contributed by atoms with Crippen molar-refractivity contribution in [1.29, 1.82) is 0 Å². The number of nitrogens with one attached hydrogen (secondary N) is 1. The number of carbonyl (C=O) groups is 1. The lowest BCUT2D eigenvalue weighted by molar-refractivity contribution is 0.0697. The Hall–Kier alpha value is -3.48. The first-order valence-electron chi connectivity index (χ1n) is 9.89. The highest BCUT2D eigenvalue weighted by molar-refractivity contribution is 5.87. The van der Waals surface area contributed by atoms with E-state index in [1.54, 1.807) is 11.8 Å². The minimum atomic E-state index is -0.990. The molecule has 154 valence electrons. The molecule has 2 aliphatic rings. The number of hydrogen-bond donors (Lipinski definition) is 2. The van der Waals surface area contributed by atoms with Crippen molar-refractivity contribution in [2.24, 2.45) is 5.92 Å². The second kappa shape index (κ2) is 6.52. The van der Waals surface area contributed by atoms with Crippen LogP contribution in [0.15, 0.2) is 48.8 Å². The van der Waals surface area contributed by atoms with Crippen molar-refractivity contribution >= 4 is 11.7 Å². The van der Waals surface area contributed by atoms with Crippen molar-refractivity contribution in [3.05, 3.63) is 65.5 Å². The Balaban J connectivity index is 1.59. The summed E-state index contributed by atoms with van der Waals surface area (Å²) < 4.78 is 13.4. The fourth-order valence-electron chi connectivity index (χ4n) is 4.68. The van der Waals surface area contributed by atoms with E-state index in [0.717, 1.165) is 34.0 Å². The predicted molar refractivity (Wildman–Crippen MR) is 112 cm³/mol. The lowest BCUT2D eigenvalue weighted by atomic mass is 9.65. The molecule has 30 heavy (non-hydrogen) atoms. The summed E-state index contributed by atoms with van der Waals surface area (Å²) in [4.78, 5) is 11.2. The monoisotopic (exact) mass is 405 g/mol. The maximum atomic E-state index is 11.2. The van der Waals surface area contributed by atoms with Gasteiger partial charge in [0.05, 0.1) is 42.8 Å². The first kappa shape index (κ1) is 18.5. The van der Waals surface area contributed by atoms with Crippen LogP contribution in [-0.4, -0.2) is 34.6 Å². The molecule has 2 atom stereocenters. The Kier molecular flexibility index (Phi) is 4.03. The van der Waals surface area contributed by atoms with Crippen LogP contribution in [0.2, 0.25) is 0 Å². The van der Waals surface area contributed by atoms with Crippen LogP contribution in [0.25, 0.3) is 5.69 Å². The highest BCUT2D eigenvalue weighted by Crippen LogP contribution is 2.54. The van der Waals surface area contributed by atoms with Crippen LogP contribution in [0.1, 0.15) is 41.4 Å². The second-order valence-electron chi connectivity index (χ2n) is 8.34. The number of methoxy groups -OCH3 is 1. The van der Waals surface area contributed by atoms with Crippen molar-refractivity contribution in [1.82, 2.24) is 9.78 Å². The molecule has 3 aromatic rings. The fraction of sp³-hybridized carbons (Fsp3) is 0.304. The third kappa shape index (κ3) is 2.65. The molecule has 2 N–H and O–H groups in total. The van der Waals surface area contributed by atoms with Crippen molar-refractivity contribution in [2.75, 3.05) is 19.0 Å². The minimum absolute atomic E-state index is 0.0709. The topological polar surface area (TPSA) is 85.6 Å². The van der Waals surface area contributed by atoms with E-state index in [0.29, 0.717) is 6.61 Å². The standard InChI is InChI=1S/C23H23N3O4/c1-23(2)15-9-14(26-11-13(10-24-26)22(27)28)7-8-17(15)25-21-16(23)12-30-19-6-4-5-18(29-3)20(19)21/h4-11,16,21,25H,12H2,1-3H3,(H,27,28)/t16-,21-/m1/s1. The van der Waals surface area contributed by atoms with E-state index in [1.807, 2.05) is 30.3 Å². The Morgan fingerprint density at radius 3 is 2.90 bits per heavy atom. The van der Waals surface area contributed by atoms with Crippen molar-refractivity contribution in [3.8, 4) is 17.2 Å². The number of anilines is 1. The van der Waals surface area contributed by atoms with E-state index in [2.05, 4.69) is 30.3 Å². The molecule has 3 heterocycles. The molecule has 0 bridgehead atoms. The van der Waals surface area contributed by atoms with Crippen LogP contribution >= 0.6 is 0 Å². The van der Waals surface area contributed by atoms with Crippen molar-refractivity contribution in [3.63, 3.8) is 0 Å². The molecule has 0 spiro atoms. The van der Waals surface area contributed by atoms with E-state index in [1.165, 1.54) is 12.4 Å². The number of hydrogen-bond acceptors (Lipinski definition) is 5. The van der Waals surface area contributed by atoms with Crippen molar-refractivity contribution < 1.29 is 19.4 Å². The smallest absolute Gasteiger partial charge is 0.338 e. The average Bonchev–Trinajstić information content (AvgIpc) is 3.23. The number of aromatic nitrogens is 2. The SMILES string of the molecule is COc1cccc2c1[C@@H]1Nc3ccc(-n4cc(C(=O)O)cn4)cc3C(C)(C)[C@@H]1CO2. The molecule has 1 aromatic heterocycles. The van der Waals surface area contributed by atoms with E-state index in [4.69, 9.17) is 9.47 Å². The van der Waals surface area contributed by atoms with Gasteiger partial charge in [0, 0.05) is 23.2 Å². The molecule has 2 aromatic carbocycles. The molecule has 7 nitrogen and oxygen atoms in total. The molecule has 0 amide bonds. The van der Waals surface area contributed by atoms with Gasteiger partial charge in [-0.3, -0.25) is 0 Å². The summed E-state index contributed by atoms with van der Waals surface area (Å²) in [5.74, 6) is 0.882. The van der Waals surface area contributed by atoms with Crippen LogP contribution in [0.4, 0.5) is 5.69 Å².